The van der Waals surface area contributed by atoms with Crippen LogP contribution in [0.2, 0.25) is 0 Å². The summed E-state index contributed by atoms with van der Waals surface area (Å²) in [5.74, 6) is 0.972. The molecule has 2 atom stereocenters. The van der Waals surface area contributed by atoms with Crippen molar-refractivity contribution in [2.75, 3.05) is 11.2 Å². The van der Waals surface area contributed by atoms with Crippen LogP contribution in [0.5, 0.6) is 0 Å². The van der Waals surface area contributed by atoms with Crippen LogP contribution in [-0.4, -0.2) is 18.0 Å². The molecule has 3 nitrogen and oxygen atoms in total. The van der Waals surface area contributed by atoms with E-state index in [1.165, 1.54) is 5.56 Å². The van der Waals surface area contributed by atoms with Crippen molar-refractivity contribution in [3.05, 3.63) is 29.8 Å². The van der Waals surface area contributed by atoms with Gasteiger partial charge in [-0.05, 0) is 36.5 Å². The van der Waals surface area contributed by atoms with Crippen molar-refractivity contribution in [1.82, 2.24) is 5.32 Å². The van der Waals surface area contributed by atoms with Gasteiger partial charge in [0.1, 0.15) is 0 Å². The van der Waals surface area contributed by atoms with Crippen LogP contribution in [-0.2, 0) is 0 Å². The van der Waals surface area contributed by atoms with Crippen LogP contribution in [0.1, 0.15) is 45.1 Å². The van der Waals surface area contributed by atoms with Crippen LogP contribution in [0.3, 0.4) is 0 Å². The Kier molecular flexibility index (Phi) is 6.71. The van der Waals surface area contributed by atoms with Crippen molar-refractivity contribution in [3.8, 4) is 0 Å². The molecule has 0 aromatic heterocycles. The number of alkyl halides is 1. The lowest BCUT2D eigenvalue weighted by Gasteiger charge is -2.15. The number of carbonyl (C=O) groups excluding carboxylic acids is 1. The van der Waals surface area contributed by atoms with Gasteiger partial charge in [0.2, 0.25) is 0 Å². The maximum Gasteiger partial charge on any atom is 0.319 e. The first-order chi connectivity index (χ1) is 9.10. The number of rotatable bonds is 6. The molecule has 0 aliphatic heterocycles. The molecule has 4 heteroatoms. The third-order valence-electron chi connectivity index (χ3n) is 3.36. The predicted molar refractivity (Wildman–Crippen MR) is 82.1 cm³/mol. The molecule has 0 bridgehead atoms. The number of nitrogens with one attached hydrogen (secondary N) is 2. The number of urea groups is 1. The molecular formula is C15H23ClN2O. The first kappa shape index (κ1) is 15.8. The molecule has 0 aliphatic carbocycles. The van der Waals surface area contributed by atoms with E-state index in [2.05, 4.69) is 36.6 Å². The quantitative estimate of drug-likeness (QED) is 0.749. The Morgan fingerprint density at radius 2 is 1.84 bits per heavy atom. The van der Waals surface area contributed by atoms with Crippen LogP contribution >= 0.6 is 11.6 Å². The molecule has 2 amide bonds. The minimum absolute atomic E-state index is 0.0149. The van der Waals surface area contributed by atoms with E-state index in [1.807, 2.05) is 19.1 Å². The summed E-state index contributed by atoms with van der Waals surface area (Å²) in [5.41, 5.74) is 2.09. The average molecular weight is 283 g/mol. The van der Waals surface area contributed by atoms with Gasteiger partial charge in [0.25, 0.3) is 0 Å². The zero-order chi connectivity index (χ0) is 14.3. The summed E-state index contributed by atoms with van der Waals surface area (Å²) < 4.78 is 0. The standard InChI is InChI=1S/C15H23ClN2O/c1-4-11(3)12-6-8-14(9-7-12)18-15(19)17-13(5-2)10-16/h6-9,11,13H,4-5,10H2,1-3H3,(H2,17,18,19)/t11?,13-/m0/s1. The Hall–Kier alpha value is -1.22. The molecule has 0 saturated carbocycles. The maximum absolute atomic E-state index is 11.7. The van der Waals surface area contributed by atoms with Crippen LogP contribution in [0, 0.1) is 0 Å². The zero-order valence-corrected chi connectivity index (χ0v) is 12.6. The molecule has 19 heavy (non-hydrogen) atoms. The molecule has 1 unspecified atom stereocenters. The van der Waals surface area contributed by atoms with E-state index in [0.717, 1.165) is 18.5 Å². The fourth-order valence-corrected chi connectivity index (χ4v) is 2.03. The van der Waals surface area contributed by atoms with Gasteiger partial charge in [0, 0.05) is 17.6 Å². The summed E-state index contributed by atoms with van der Waals surface area (Å²) in [6.45, 7) is 6.36. The molecule has 0 heterocycles. The van der Waals surface area contributed by atoms with E-state index in [-0.39, 0.29) is 12.1 Å². The Morgan fingerprint density at radius 1 is 1.21 bits per heavy atom. The molecular weight excluding hydrogens is 260 g/mol. The van der Waals surface area contributed by atoms with Crippen LogP contribution in [0.4, 0.5) is 10.5 Å². The average Bonchev–Trinajstić information content (AvgIpc) is 2.44. The lowest BCUT2D eigenvalue weighted by Crippen LogP contribution is -2.38. The van der Waals surface area contributed by atoms with Crippen molar-refractivity contribution in [1.29, 1.82) is 0 Å². The van der Waals surface area contributed by atoms with Crippen LogP contribution in [0.25, 0.3) is 0 Å². The van der Waals surface area contributed by atoms with E-state index < -0.39 is 0 Å². The van der Waals surface area contributed by atoms with Crippen LogP contribution in [0.15, 0.2) is 24.3 Å². The Bertz CT molecular complexity index is 388. The van der Waals surface area contributed by atoms with Gasteiger partial charge in [-0.1, -0.05) is 32.9 Å². The summed E-state index contributed by atoms with van der Waals surface area (Å²) >= 11 is 5.74. The fourth-order valence-electron chi connectivity index (χ4n) is 1.73. The van der Waals surface area contributed by atoms with Gasteiger partial charge in [-0.15, -0.1) is 11.6 Å². The fraction of sp³-hybridized carbons (Fsp3) is 0.533. The highest BCUT2D eigenvalue weighted by Crippen LogP contribution is 2.20. The molecule has 0 saturated heterocycles. The van der Waals surface area contributed by atoms with Crippen molar-refractivity contribution in [2.24, 2.45) is 0 Å². The highest BCUT2D eigenvalue weighted by atomic mass is 35.5. The van der Waals surface area contributed by atoms with Gasteiger partial charge in [0.15, 0.2) is 0 Å². The van der Waals surface area contributed by atoms with Crippen molar-refractivity contribution >= 4 is 23.3 Å². The Balaban J connectivity index is 2.55. The molecule has 0 radical (unpaired) electrons. The van der Waals surface area contributed by atoms with Gasteiger partial charge < -0.3 is 10.6 Å². The topological polar surface area (TPSA) is 41.1 Å². The van der Waals surface area contributed by atoms with Gasteiger partial charge in [-0.3, -0.25) is 0 Å². The molecule has 0 fully saturated rings. The van der Waals surface area contributed by atoms with E-state index in [0.29, 0.717) is 11.8 Å². The van der Waals surface area contributed by atoms with Crippen molar-refractivity contribution < 1.29 is 4.79 Å². The number of amides is 2. The number of carbonyl (C=O) groups is 1. The molecule has 0 spiro atoms. The predicted octanol–water partition coefficient (Wildman–Crippen LogP) is 4.34. The van der Waals surface area contributed by atoms with Crippen molar-refractivity contribution in [2.45, 2.75) is 45.6 Å². The largest absolute Gasteiger partial charge is 0.334 e. The highest BCUT2D eigenvalue weighted by Gasteiger charge is 2.09. The highest BCUT2D eigenvalue weighted by molar-refractivity contribution is 6.18. The first-order valence-corrected chi connectivity index (χ1v) is 7.37. The van der Waals surface area contributed by atoms with Gasteiger partial charge in [-0.25, -0.2) is 4.79 Å². The second kappa shape index (κ2) is 8.05. The normalized spacial score (nSPS) is 13.7. The smallest absolute Gasteiger partial charge is 0.319 e. The van der Waals surface area contributed by atoms with E-state index >= 15 is 0 Å². The third kappa shape index (κ3) is 5.11. The number of hydrogen-bond acceptors (Lipinski definition) is 1. The second-order valence-corrected chi connectivity index (χ2v) is 5.10. The summed E-state index contributed by atoms with van der Waals surface area (Å²) in [6.07, 6.45) is 1.94. The van der Waals surface area contributed by atoms with Gasteiger partial charge in [-0.2, -0.15) is 0 Å². The first-order valence-electron chi connectivity index (χ1n) is 6.84. The number of anilines is 1. The minimum atomic E-state index is -0.205. The lowest BCUT2D eigenvalue weighted by molar-refractivity contribution is 0.249. The van der Waals surface area contributed by atoms with Crippen molar-refractivity contribution in [3.63, 3.8) is 0 Å². The summed E-state index contributed by atoms with van der Waals surface area (Å²) in [7, 11) is 0. The van der Waals surface area contributed by atoms with E-state index in [1.54, 1.807) is 0 Å². The second-order valence-electron chi connectivity index (χ2n) is 4.79. The molecule has 2 N–H and O–H groups in total. The monoisotopic (exact) mass is 282 g/mol. The van der Waals surface area contributed by atoms with Gasteiger partial charge in [0.05, 0.1) is 0 Å². The maximum atomic E-state index is 11.7. The van der Waals surface area contributed by atoms with Crippen LogP contribution < -0.4 is 10.6 Å². The molecule has 0 aliphatic rings. The molecule has 1 rings (SSSR count). The third-order valence-corrected chi connectivity index (χ3v) is 3.74. The van der Waals surface area contributed by atoms with E-state index in [9.17, 15) is 4.79 Å². The Labute approximate surface area is 120 Å². The number of hydrogen-bond donors (Lipinski definition) is 2. The summed E-state index contributed by atoms with van der Waals surface area (Å²) in [6, 6.07) is 7.79. The lowest BCUT2D eigenvalue weighted by atomic mass is 9.99. The minimum Gasteiger partial charge on any atom is -0.334 e. The van der Waals surface area contributed by atoms with Gasteiger partial charge >= 0.3 is 6.03 Å². The van der Waals surface area contributed by atoms with E-state index in [4.69, 9.17) is 11.6 Å². The zero-order valence-electron chi connectivity index (χ0n) is 11.9. The molecule has 1 aromatic rings. The molecule has 106 valence electrons. The number of benzene rings is 1. The number of halogens is 1. The molecule has 1 aromatic carbocycles. The SMILES string of the molecule is CCC(C)c1ccc(NC(=O)N[C@@H](CC)CCl)cc1. The summed E-state index contributed by atoms with van der Waals surface area (Å²) in [4.78, 5) is 11.7. The summed E-state index contributed by atoms with van der Waals surface area (Å²) in [5, 5.41) is 5.65. The Morgan fingerprint density at radius 3 is 2.32 bits per heavy atom.